The second kappa shape index (κ2) is 7.78. The first-order valence-electron chi connectivity index (χ1n) is 8.47. The number of hydrogen-bond acceptors (Lipinski definition) is 3. The number of carbonyl (C=O) groups excluding carboxylic acids is 1. The van der Waals surface area contributed by atoms with Crippen LogP contribution >= 0.6 is 0 Å². The molecule has 23 heavy (non-hydrogen) atoms. The van der Waals surface area contributed by atoms with Crippen LogP contribution in [0.5, 0.6) is 0 Å². The first kappa shape index (κ1) is 17.7. The summed E-state index contributed by atoms with van der Waals surface area (Å²) < 4.78 is 5.50. The second-order valence-electron chi connectivity index (χ2n) is 6.79. The van der Waals surface area contributed by atoms with E-state index in [9.17, 15) is 9.90 Å². The van der Waals surface area contributed by atoms with Gasteiger partial charge in [-0.3, -0.25) is 0 Å². The van der Waals surface area contributed by atoms with Crippen LogP contribution in [0, 0.1) is 0 Å². The van der Waals surface area contributed by atoms with Gasteiger partial charge >= 0.3 is 5.97 Å². The van der Waals surface area contributed by atoms with Gasteiger partial charge in [0, 0.05) is 5.57 Å². The molecule has 0 aromatic heterocycles. The van der Waals surface area contributed by atoms with Crippen LogP contribution in [-0.4, -0.2) is 23.3 Å². The Labute approximate surface area is 139 Å². The van der Waals surface area contributed by atoms with Gasteiger partial charge in [0.2, 0.25) is 0 Å². The summed E-state index contributed by atoms with van der Waals surface area (Å²) in [7, 11) is 0. The Kier molecular flexibility index (Phi) is 6.00. The van der Waals surface area contributed by atoms with Crippen LogP contribution in [0.15, 0.2) is 46.6 Å². The number of esters is 1. The first-order valence-corrected chi connectivity index (χ1v) is 8.47. The fraction of sp³-hybridized carbons (Fsp3) is 0.550. The number of aliphatic hydroxyl groups excluding tert-OH is 1. The molecule has 0 aromatic carbocycles. The third kappa shape index (κ3) is 4.68. The third-order valence-electron chi connectivity index (χ3n) is 4.83. The number of carbonyl (C=O) groups is 1. The molecule has 2 rings (SSSR count). The van der Waals surface area contributed by atoms with E-state index in [2.05, 4.69) is 19.6 Å². The number of hydrogen-bond donors (Lipinski definition) is 1. The van der Waals surface area contributed by atoms with E-state index in [1.54, 1.807) is 0 Å². The lowest BCUT2D eigenvalue weighted by molar-refractivity contribution is -0.138. The molecule has 3 heteroatoms. The molecule has 2 aliphatic rings. The summed E-state index contributed by atoms with van der Waals surface area (Å²) in [5, 5.41) is 10.2. The van der Waals surface area contributed by atoms with Gasteiger partial charge in [-0.05, 0) is 76.5 Å². The van der Waals surface area contributed by atoms with E-state index in [1.165, 1.54) is 5.57 Å². The molecular formula is C20H28O3. The molecule has 0 saturated carbocycles. The Bertz CT molecular complexity index is 578. The Morgan fingerprint density at radius 3 is 2.61 bits per heavy atom. The van der Waals surface area contributed by atoms with E-state index < -0.39 is 6.10 Å². The van der Waals surface area contributed by atoms with E-state index >= 15 is 0 Å². The van der Waals surface area contributed by atoms with E-state index in [0.29, 0.717) is 6.42 Å². The number of rotatable bonds is 0. The fourth-order valence-corrected chi connectivity index (χ4v) is 3.10. The van der Waals surface area contributed by atoms with Crippen molar-refractivity contribution in [2.45, 2.75) is 71.5 Å². The maximum Gasteiger partial charge on any atom is 0.334 e. The molecule has 1 aliphatic heterocycles. The predicted octanol–water partition coefficient (Wildman–Crippen LogP) is 4.39. The van der Waals surface area contributed by atoms with Crippen molar-refractivity contribution in [3.05, 3.63) is 46.6 Å². The normalized spacial score (nSPS) is 27.8. The van der Waals surface area contributed by atoms with Crippen molar-refractivity contribution in [1.82, 2.24) is 0 Å². The quantitative estimate of drug-likeness (QED) is 0.532. The molecule has 3 nitrogen and oxygen atoms in total. The van der Waals surface area contributed by atoms with Crippen molar-refractivity contribution in [2.75, 3.05) is 0 Å². The zero-order valence-electron chi connectivity index (χ0n) is 14.5. The van der Waals surface area contributed by atoms with Crippen LogP contribution in [0.1, 0.15) is 59.3 Å². The highest BCUT2D eigenvalue weighted by molar-refractivity contribution is 5.92. The Morgan fingerprint density at radius 1 is 1.13 bits per heavy atom. The minimum absolute atomic E-state index is 0.201. The Morgan fingerprint density at radius 2 is 1.87 bits per heavy atom. The summed E-state index contributed by atoms with van der Waals surface area (Å²) in [6.45, 7) is 10.0. The van der Waals surface area contributed by atoms with Crippen LogP contribution < -0.4 is 0 Å². The van der Waals surface area contributed by atoms with Crippen LogP contribution in [0.3, 0.4) is 0 Å². The van der Waals surface area contributed by atoms with Crippen molar-refractivity contribution in [2.24, 2.45) is 0 Å². The number of allylic oxidation sites excluding steroid dienone is 3. The van der Waals surface area contributed by atoms with Crippen molar-refractivity contribution < 1.29 is 14.6 Å². The summed E-state index contributed by atoms with van der Waals surface area (Å²) in [5.74, 6) is -0.201. The lowest BCUT2D eigenvalue weighted by Gasteiger charge is -2.16. The molecule has 1 aliphatic carbocycles. The molecule has 0 aromatic rings. The standard InChI is InChI=1S/C20H28O3/c1-13-6-5-7-15(3)18(21)11-9-14(2)12-19-17(10-8-13)16(4)20(22)23-19/h6,12,18-19,21H,3,5,7-11H2,1-2,4H3/t18-,19+/m1/s1. The van der Waals surface area contributed by atoms with Gasteiger partial charge < -0.3 is 9.84 Å². The number of ether oxygens (including phenoxy) is 1. The van der Waals surface area contributed by atoms with E-state index in [0.717, 1.165) is 54.4 Å². The SMILES string of the molecule is C=C1CCC=C(C)CCC2=C(C)C(=O)O[C@H]2C=C(C)CC[C@H]1O. The van der Waals surface area contributed by atoms with E-state index in [1.807, 2.05) is 19.9 Å². The molecular weight excluding hydrogens is 288 g/mol. The molecule has 2 atom stereocenters. The minimum Gasteiger partial charge on any atom is -0.450 e. The maximum atomic E-state index is 11.9. The fourth-order valence-electron chi connectivity index (χ4n) is 3.10. The summed E-state index contributed by atoms with van der Waals surface area (Å²) in [5.41, 5.74) is 5.22. The summed E-state index contributed by atoms with van der Waals surface area (Å²) >= 11 is 0. The molecule has 0 saturated heterocycles. The first-order chi connectivity index (χ1) is 10.9. The number of fused-ring (bicyclic) bond motifs is 1. The van der Waals surface area contributed by atoms with Gasteiger partial charge in [-0.1, -0.05) is 23.8 Å². The third-order valence-corrected chi connectivity index (χ3v) is 4.83. The highest BCUT2D eigenvalue weighted by atomic mass is 16.5. The second-order valence-corrected chi connectivity index (χ2v) is 6.79. The van der Waals surface area contributed by atoms with Gasteiger partial charge in [-0.15, -0.1) is 0 Å². The average Bonchev–Trinajstić information content (AvgIpc) is 2.76. The van der Waals surface area contributed by atoms with Gasteiger partial charge in [-0.2, -0.15) is 0 Å². The monoisotopic (exact) mass is 316 g/mol. The van der Waals surface area contributed by atoms with Crippen molar-refractivity contribution >= 4 is 5.97 Å². The highest BCUT2D eigenvalue weighted by Crippen LogP contribution is 2.30. The molecule has 0 spiro atoms. The Hall–Kier alpha value is -1.61. The molecule has 0 amide bonds. The highest BCUT2D eigenvalue weighted by Gasteiger charge is 2.29. The van der Waals surface area contributed by atoms with Crippen LogP contribution in [-0.2, 0) is 9.53 Å². The zero-order valence-corrected chi connectivity index (χ0v) is 14.5. The number of aliphatic hydroxyl groups is 1. The van der Waals surface area contributed by atoms with Gasteiger partial charge in [-0.25, -0.2) is 4.79 Å². The maximum absolute atomic E-state index is 11.9. The molecule has 0 unspecified atom stereocenters. The zero-order chi connectivity index (χ0) is 17.0. The Balaban J connectivity index is 2.23. The smallest absolute Gasteiger partial charge is 0.334 e. The molecule has 0 bridgehead atoms. The molecule has 0 radical (unpaired) electrons. The summed E-state index contributed by atoms with van der Waals surface area (Å²) in [6, 6.07) is 0. The molecule has 1 heterocycles. The van der Waals surface area contributed by atoms with Crippen molar-refractivity contribution in [3.8, 4) is 0 Å². The largest absolute Gasteiger partial charge is 0.450 e. The van der Waals surface area contributed by atoms with Crippen LogP contribution in [0.25, 0.3) is 0 Å². The minimum atomic E-state index is -0.460. The predicted molar refractivity (Wildman–Crippen MR) is 92.9 cm³/mol. The van der Waals surface area contributed by atoms with Gasteiger partial charge in [0.05, 0.1) is 6.10 Å². The summed E-state index contributed by atoms with van der Waals surface area (Å²) in [4.78, 5) is 11.9. The molecule has 126 valence electrons. The van der Waals surface area contributed by atoms with E-state index in [-0.39, 0.29) is 12.1 Å². The van der Waals surface area contributed by atoms with Gasteiger partial charge in [0.15, 0.2) is 0 Å². The van der Waals surface area contributed by atoms with Gasteiger partial charge in [0.25, 0.3) is 0 Å². The lowest BCUT2D eigenvalue weighted by atomic mass is 9.94. The van der Waals surface area contributed by atoms with Crippen molar-refractivity contribution in [3.63, 3.8) is 0 Å². The molecule has 1 N–H and O–H groups in total. The average molecular weight is 316 g/mol. The lowest BCUT2D eigenvalue weighted by Crippen LogP contribution is -2.12. The van der Waals surface area contributed by atoms with Crippen molar-refractivity contribution in [1.29, 1.82) is 0 Å². The van der Waals surface area contributed by atoms with E-state index in [4.69, 9.17) is 4.74 Å². The van der Waals surface area contributed by atoms with Crippen LogP contribution in [0.4, 0.5) is 0 Å². The molecule has 0 fully saturated rings. The van der Waals surface area contributed by atoms with Gasteiger partial charge in [0.1, 0.15) is 6.10 Å². The van der Waals surface area contributed by atoms with Crippen LogP contribution in [0.2, 0.25) is 0 Å². The summed E-state index contributed by atoms with van der Waals surface area (Å²) in [6.07, 6.45) is 8.53. The topological polar surface area (TPSA) is 46.5 Å².